The molecule has 3 aliphatic rings. The SMILES string of the molecule is N=C1/C(=C\c2ccc(SCc3ccco3)o2)C(=O)N=C2SC(N3CCOCC3)=NN12. The third-order valence-corrected chi connectivity index (χ3v) is 6.45. The standard InChI is InChI=1S/C19H17N5O4S2/c20-16-14(10-12-3-4-15(28-12)29-11-13-2-1-7-27-13)17(25)21-18-24(16)22-19(30-18)23-5-8-26-9-6-23/h1-4,7,10,20H,5-6,8-9,11H2/b14-10+,20-16?. The molecule has 9 nitrogen and oxygen atoms in total. The molecule has 30 heavy (non-hydrogen) atoms. The van der Waals surface area contributed by atoms with E-state index in [0.717, 1.165) is 24.0 Å². The molecule has 11 heteroatoms. The highest BCUT2D eigenvalue weighted by Gasteiger charge is 2.37. The maximum Gasteiger partial charge on any atom is 0.283 e. The number of hydrazone groups is 1. The second-order valence-electron chi connectivity index (χ2n) is 6.53. The van der Waals surface area contributed by atoms with E-state index in [2.05, 4.69) is 15.0 Å². The Labute approximate surface area is 180 Å². The zero-order valence-electron chi connectivity index (χ0n) is 15.7. The molecule has 0 aliphatic carbocycles. The summed E-state index contributed by atoms with van der Waals surface area (Å²) in [5.41, 5.74) is 0.142. The highest BCUT2D eigenvalue weighted by atomic mass is 32.2. The normalized spacial score (nSPS) is 20.6. The van der Waals surface area contributed by atoms with Gasteiger partial charge in [-0.25, -0.2) is 0 Å². The Kier molecular flexibility index (Phi) is 5.23. The number of amides is 1. The molecule has 0 atom stereocenters. The lowest BCUT2D eigenvalue weighted by atomic mass is 10.1. The Morgan fingerprint density at radius 3 is 2.90 bits per heavy atom. The first-order valence-corrected chi connectivity index (χ1v) is 11.1. The number of ether oxygens (including phenoxy) is 1. The van der Waals surface area contributed by atoms with Crippen LogP contribution >= 0.6 is 23.5 Å². The third-order valence-electron chi connectivity index (χ3n) is 4.55. The summed E-state index contributed by atoms with van der Waals surface area (Å²) in [5, 5.41) is 16.2. The molecule has 3 aliphatic heterocycles. The molecular weight excluding hydrogens is 426 g/mol. The highest BCUT2D eigenvalue weighted by molar-refractivity contribution is 8.26. The van der Waals surface area contributed by atoms with Crippen LogP contribution in [0.15, 0.2) is 60.1 Å². The predicted molar refractivity (Wildman–Crippen MR) is 114 cm³/mol. The van der Waals surface area contributed by atoms with Crippen molar-refractivity contribution in [2.24, 2.45) is 10.1 Å². The fraction of sp³-hybridized carbons (Fsp3) is 0.263. The van der Waals surface area contributed by atoms with Crippen LogP contribution in [0.2, 0.25) is 0 Å². The quantitative estimate of drug-likeness (QED) is 0.567. The van der Waals surface area contributed by atoms with Crippen molar-refractivity contribution in [1.82, 2.24) is 9.91 Å². The first kappa shape index (κ1) is 19.2. The Bertz CT molecular complexity index is 1070. The highest BCUT2D eigenvalue weighted by Crippen LogP contribution is 2.31. The molecule has 5 heterocycles. The second-order valence-corrected chi connectivity index (χ2v) is 8.44. The van der Waals surface area contributed by atoms with Gasteiger partial charge in [0.2, 0.25) is 5.17 Å². The summed E-state index contributed by atoms with van der Waals surface area (Å²) in [7, 11) is 0. The molecule has 5 rings (SSSR count). The summed E-state index contributed by atoms with van der Waals surface area (Å²) in [6.07, 6.45) is 3.17. The Hall–Kier alpha value is -2.76. The average molecular weight is 444 g/mol. The van der Waals surface area contributed by atoms with Gasteiger partial charge in [0.25, 0.3) is 5.91 Å². The van der Waals surface area contributed by atoms with E-state index in [1.54, 1.807) is 12.3 Å². The summed E-state index contributed by atoms with van der Waals surface area (Å²) in [5.74, 6) is 1.49. The molecule has 2 aromatic rings. The van der Waals surface area contributed by atoms with Crippen LogP contribution in [-0.4, -0.2) is 58.3 Å². The number of hydrogen-bond acceptors (Lipinski definition) is 9. The van der Waals surface area contributed by atoms with Gasteiger partial charge in [-0.15, -0.1) is 5.10 Å². The van der Waals surface area contributed by atoms with Crippen LogP contribution in [0.1, 0.15) is 11.5 Å². The zero-order valence-corrected chi connectivity index (χ0v) is 17.4. The van der Waals surface area contributed by atoms with Gasteiger partial charge in [0.05, 0.1) is 30.8 Å². The van der Waals surface area contributed by atoms with Gasteiger partial charge in [-0.1, -0.05) is 11.8 Å². The van der Waals surface area contributed by atoms with E-state index >= 15 is 0 Å². The van der Waals surface area contributed by atoms with Crippen molar-refractivity contribution in [3.63, 3.8) is 0 Å². The van der Waals surface area contributed by atoms with E-state index in [4.69, 9.17) is 19.0 Å². The minimum Gasteiger partial charge on any atom is -0.468 e. The smallest absolute Gasteiger partial charge is 0.283 e. The fourth-order valence-electron chi connectivity index (χ4n) is 3.03. The number of morpholine rings is 1. The molecule has 0 radical (unpaired) electrons. The molecule has 1 fully saturated rings. The van der Waals surface area contributed by atoms with E-state index in [0.29, 0.717) is 35.0 Å². The summed E-state index contributed by atoms with van der Waals surface area (Å²) >= 11 is 2.79. The van der Waals surface area contributed by atoms with Gasteiger partial charge in [-0.05, 0) is 42.1 Å². The Morgan fingerprint density at radius 1 is 1.23 bits per heavy atom. The van der Waals surface area contributed by atoms with Crippen LogP contribution in [0.25, 0.3) is 6.08 Å². The lowest BCUT2D eigenvalue weighted by molar-refractivity contribution is -0.114. The lowest BCUT2D eigenvalue weighted by Gasteiger charge is -2.26. The maximum atomic E-state index is 12.5. The molecule has 0 unspecified atom stereocenters. The van der Waals surface area contributed by atoms with E-state index in [9.17, 15) is 4.79 Å². The van der Waals surface area contributed by atoms with Gasteiger partial charge in [0.1, 0.15) is 11.5 Å². The molecular formula is C19H17N5O4S2. The largest absolute Gasteiger partial charge is 0.468 e. The summed E-state index contributed by atoms with van der Waals surface area (Å²) in [6, 6.07) is 7.33. The van der Waals surface area contributed by atoms with Crippen LogP contribution in [-0.2, 0) is 15.3 Å². The number of carbonyl (C=O) groups is 1. The van der Waals surface area contributed by atoms with Crippen LogP contribution < -0.4 is 0 Å². The molecule has 154 valence electrons. The van der Waals surface area contributed by atoms with Gasteiger partial charge < -0.3 is 18.5 Å². The molecule has 1 N–H and O–H groups in total. The number of fused-ring (bicyclic) bond motifs is 1. The molecule has 0 bridgehead atoms. The van der Waals surface area contributed by atoms with E-state index in [-0.39, 0.29) is 11.4 Å². The number of carbonyl (C=O) groups excluding carboxylic acids is 1. The molecule has 2 aromatic heterocycles. The van der Waals surface area contributed by atoms with Crippen molar-refractivity contribution in [3.8, 4) is 0 Å². The summed E-state index contributed by atoms with van der Waals surface area (Å²) in [6.45, 7) is 2.71. The van der Waals surface area contributed by atoms with Gasteiger partial charge in [0.15, 0.2) is 16.1 Å². The lowest BCUT2D eigenvalue weighted by Crippen LogP contribution is -2.39. The van der Waals surface area contributed by atoms with Crippen molar-refractivity contribution in [2.75, 3.05) is 26.3 Å². The van der Waals surface area contributed by atoms with Crippen LogP contribution in [0.3, 0.4) is 0 Å². The van der Waals surface area contributed by atoms with Crippen molar-refractivity contribution < 1.29 is 18.4 Å². The number of aliphatic imine (C=N–C) groups is 1. The van der Waals surface area contributed by atoms with Gasteiger partial charge in [-0.3, -0.25) is 10.2 Å². The molecule has 0 aromatic carbocycles. The Morgan fingerprint density at radius 2 is 2.10 bits per heavy atom. The van der Waals surface area contributed by atoms with Crippen LogP contribution in [0.5, 0.6) is 0 Å². The number of rotatable bonds is 4. The number of thioether (sulfide) groups is 2. The summed E-state index contributed by atoms with van der Waals surface area (Å²) in [4.78, 5) is 18.7. The topological polar surface area (TPSA) is 108 Å². The number of furan rings is 2. The molecule has 0 spiro atoms. The van der Waals surface area contributed by atoms with E-state index < -0.39 is 5.91 Å². The monoisotopic (exact) mass is 443 g/mol. The van der Waals surface area contributed by atoms with Gasteiger partial charge in [-0.2, -0.15) is 10.0 Å². The maximum absolute atomic E-state index is 12.5. The van der Waals surface area contributed by atoms with E-state index in [1.165, 1.54) is 34.6 Å². The first-order valence-electron chi connectivity index (χ1n) is 9.25. The first-order chi connectivity index (χ1) is 14.7. The minimum atomic E-state index is -0.474. The van der Waals surface area contributed by atoms with Crippen molar-refractivity contribution in [2.45, 2.75) is 10.8 Å². The average Bonchev–Trinajstić information content (AvgIpc) is 3.51. The number of hydrogen-bond donors (Lipinski definition) is 1. The zero-order chi connectivity index (χ0) is 20.5. The minimum absolute atomic E-state index is 0.0121. The number of amidine groups is 3. The molecule has 0 saturated carbocycles. The van der Waals surface area contributed by atoms with Crippen molar-refractivity contribution in [1.29, 1.82) is 5.41 Å². The number of nitrogens with zero attached hydrogens (tertiary/aromatic N) is 4. The van der Waals surface area contributed by atoms with E-state index in [1.807, 2.05) is 18.2 Å². The molecule has 1 saturated heterocycles. The second kappa shape index (κ2) is 8.17. The Balaban J connectivity index is 1.32. The predicted octanol–water partition coefficient (Wildman–Crippen LogP) is 3.07. The van der Waals surface area contributed by atoms with Gasteiger partial charge in [0, 0.05) is 13.1 Å². The van der Waals surface area contributed by atoms with Crippen LogP contribution in [0.4, 0.5) is 0 Å². The van der Waals surface area contributed by atoms with Crippen LogP contribution in [0, 0.1) is 5.41 Å². The summed E-state index contributed by atoms with van der Waals surface area (Å²) < 4.78 is 16.5. The fourth-order valence-corrected chi connectivity index (χ4v) is 4.75. The van der Waals surface area contributed by atoms with Crippen molar-refractivity contribution in [3.05, 3.63) is 47.6 Å². The number of nitrogens with one attached hydrogen (secondary N) is 1. The van der Waals surface area contributed by atoms with Crippen molar-refractivity contribution >= 4 is 51.7 Å². The molecule has 1 amide bonds. The third kappa shape index (κ3) is 3.83. The van der Waals surface area contributed by atoms with Gasteiger partial charge >= 0.3 is 0 Å².